The van der Waals surface area contributed by atoms with Gasteiger partial charge in [0, 0.05) is 17.9 Å². The fourth-order valence-electron chi connectivity index (χ4n) is 2.56. The lowest BCUT2D eigenvalue weighted by atomic mass is 9.84. The van der Waals surface area contributed by atoms with E-state index in [1.54, 1.807) is 6.07 Å². The molecular weight excluding hydrogens is 307 g/mol. The molecule has 2 rings (SSSR count). The number of hydrogen-bond acceptors (Lipinski definition) is 2. The fraction of sp³-hybridized carbons (Fsp3) is 0.562. The van der Waals surface area contributed by atoms with E-state index in [2.05, 4.69) is 24.5 Å². The highest BCUT2D eigenvalue weighted by Gasteiger charge is 2.25. The molecule has 1 aliphatic rings. The molecule has 0 bridgehead atoms. The van der Waals surface area contributed by atoms with Crippen LogP contribution in [0.25, 0.3) is 0 Å². The normalized spacial score (nSPS) is 16.8. The van der Waals surface area contributed by atoms with Crippen molar-refractivity contribution in [2.24, 2.45) is 5.92 Å². The number of nitrogens with one attached hydrogen (secondary N) is 2. The van der Waals surface area contributed by atoms with Crippen LogP contribution in [-0.4, -0.2) is 25.5 Å². The quantitative estimate of drug-likeness (QED) is 0.889. The van der Waals surface area contributed by atoms with Crippen LogP contribution in [0.3, 0.4) is 0 Å². The van der Waals surface area contributed by atoms with Gasteiger partial charge in [0.25, 0.3) is 0 Å². The number of halogens is 2. The van der Waals surface area contributed by atoms with Crippen LogP contribution in [0, 0.1) is 5.92 Å². The lowest BCUT2D eigenvalue weighted by Gasteiger charge is -2.28. The number of carbonyl (C=O) groups is 1. The Morgan fingerprint density at radius 2 is 1.95 bits per heavy atom. The standard InChI is InChI=1S/C16H22Cl2N2O/c1-16(2,12-3-4-13(17)14(18)9-12)10-20-15(21)11-5-7-19-8-6-11/h3-4,9,11,19H,5-8,10H2,1-2H3,(H,20,21). The zero-order chi connectivity index (χ0) is 15.5. The van der Waals surface area contributed by atoms with E-state index in [1.807, 2.05) is 12.1 Å². The molecule has 0 saturated carbocycles. The highest BCUT2D eigenvalue weighted by atomic mass is 35.5. The summed E-state index contributed by atoms with van der Waals surface area (Å²) in [6, 6.07) is 5.64. The molecule has 116 valence electrons. The van der Waals surface area contributed by atoms with Gasteiger partial charge in [0.15, 0.2) is 0 Å². The summed E-state index contributed by atoms with van der Waals surface area (Å²) in [6.45, 7) is 6.63. The molecule has 2 N–H and O–H groups in total. The van der Waals surface area contributed by atoms with Gasteiger partial charge < -0.3 is 10.6 Å². The highest BCUT2D eigenvalue weighted by molar-refractivity contribution is 6.42. The zero-order valence-electron chi connectivity index (χ0n) is 12.5. The van der Waals surface area contributed by atoms with Gasteiger partial charge in [0.1, 0.15) is 0 Å². The second-order valence-electron chi connectivity index (χ2n) is 6.25. The molecule has 21 heavy (non-hydrogen) atoms. The van der Waals surface area contributed by atoms with Crippen molar-refractivity contribution in [3.05, 3.63) is 33.8 Å². The predicted octanol–water partition coefficient (Wildman–Crippen LogP) is 3.39. The molecule has 1 fully saturated rings. The third-order valence-electron chi connectivity index (χ3n) is 4.12. The van der Waals surface area contributed by atoms with Crippen LogP contribution in [-0.2, 0) is 10.2 Å². The average molecular weight is 329 g/mol. The van der Waals surface area contributed by atoms with E-state index in [9.17, 15) is 4.79 Å². The van der Waals surface area contributed by atoms with Crippen molar-refractivity contribution < 1.29 is 4.79 Å². The van der Waals surface area contributed by atoms with E-state index in [4.69, 9.17) is 23.2 Å². The Kier molecular flexibility index (Phi) is 5.53. The summed E-state index contributed by atoms with van der Waals surface area (Å²) in [4.78, 5) is 12.2. The average Bonchev–Trinajstić information content (AvgIpc) is 2.48. The summed E-state index contributed by atoms with van der Waals surface area (Å²) in [7, 11) is 0. The molecule has 1 aromatic rings. The Balaban J connectivity index is 1.96. The number of benzene rings is 1. The summed E-state index contributed by atoms with van der Waals surface area (Å²) < 4.78 is 0. The van der Waals surface area contributed by atoms with Crippen molar-refractivity contribution in [2.75, 3.05) is 19.6 Å². The topological polar surface area (TPSA) is 41.1 Å². The van der Waals surface area contributed by atoms with Crippen molar-refractivity contribution in [2.45, 2.75) is 32.1 Å². The minimum atomic E-state index is -0.184. The van der Waals surface area contributed by atoms with E-state index >= 15 is 0 Å². The van der Waals surface area contributed by atoms with Gasteiger partial charge in [-0.15, -0.1) is 0 Å². The van der Waals surface area contributed by atoms with Crippen LogP contribution < -0.4 is 10.6 Å². The molecule has 3 nitrogen and oxygen atoms in total. The third-order valence-corrected chi connectivity index (χ3v) is 4.85. The summed E-state index contributed by atoms with van der Waals surface area (Å²) >= 11 is 12.0. The number of amides is 1. The minimum Gasteiger partial charge on any atom is -0.355 e. The first-order valence-electron chi connectivity index (χ1n) is 7.34. The predicted molar refractivity (Wildman–Crippen MR) is 88.1 cm³/mol. The lowest BCUT2D eigenvalue weighted by Crippen LogP contribution is -2.42. The van der Waals surface area contributed by atoms with E-state index in [0.717, 1.165) is 31.5 Å². The second kappa shape index (κ2) is 6.99. The van der Waals surface area contributed by atoms with Gasteiger partial charge in [0.05, 0.1) is 10.0 Å². The van der Waals surface area contributed by atoms with Crippen LogP contribution in [0.15, 0.2) is 18.2 Å². The molecule has 0 radical (unpaired) electrons. The maximum atomic E-state index is 12.2. The first-order valence-corrected chi connectivity index (χ1v) is 8.10. The van der Waals surface area contributed by atoms with Crippen molar-refractivity contribution in [3.8, 4) is 0 Å². The fourth-order valence-corrected chi connectivity index (χ4v) is 2.85. The van der Waals surface area contributed by atoms with Crippen LogP contribution >= 0.6 is 23.2 Å². The molecule has 1 aliphatic heterocycles. The van der Waals surface area contributed by atoms with Gasteiger partial charge in [-0.05, 0) is 43.6 Å². The second-order valence-corrected chi connectivity index (χ2v) is 7.07. The van der Waals surface area contributed by atoms with Crippen LogP contribution in [0.1, 0.15) is 32.3 Å². The molecule has 1 aromatic carbocycles. The monoisotopic (exact) mass is 328 g/mol. The van der Waals surface area contributed by atoms with Crippen LogP contribution in [0.4, 0.5) is 0 Å². The van der Waals surface area contributed by atoms with Gasteiger partial charge >= 0.3 is 0 Å². The number of piperidine rings is 1. The zero-order valence-corrected chi connectivity index (χ0v) is 14.0. The van der Waals surface area contributed by atoms with Gasteiger partial charge in [-0.3, -0.25) is 4.79 Å². The maximum Gasteiger partial charge on any atom is 0.223 e. The summed E-state index contributed by atoms with van der Waals surface area (Å²) in [6.07, 6.45) is 1.83. The van der Waals surface area contributed by atoms with Crippen molar-refractivity contribution in [3.63, 3.8) is 0 Å². The van der Waals surface area contributed by atoms with Crippen LogP contribution in [0.2, 0.25) is 10.0 Å². The Morgan fingerprint density at radius 3 is 2.57 bits per heavy atom. The molecule has 0 unspecified atom stereocenters. The first kappa shape index (κ1) is 16.6. The van der Waals surface area contributed by atoms with E-state index in [1.165, 1.54) is 0 Å². The SMILES string of the molecule is CC(C)(CNC(=O)C1CCNCC1)c1ccc(Cl)c(Cl)c1. The van der Waals surface area contributed by atoms with E-state index in [0.29, 0.717) is 16.6 Å². The number of hydrogen-bond donors (Lipinski definition) is 2. The molecule has 5 heteroatoms. The molecule has 0 atom stereocenters. The molecule has 1 heterocycles. The van der Waals surface area contributed by atoms with E-state index in [-0.39, 0.29) is 17.2 Å². The Bertz CT molecular complexity index is 511. The van der Waals surface area contributed by atoms with Gasteiger partial charge in [-0.25, -0.2) is 0 Å². The van der Waals surface area contributed by atoms with Crippen molar-refractivity contribution in [1.82, 2.24) is 10.6 Å². The molecule has 1 saturated heterocycles. The molecule has 0 spiro atoms. The van der Waals surface area contributed by atoms with Gasteiger partial charge in [0.2, 0.25) is 5.91 Å². The number of rotatable bonds is 4. The highest BCUT2D eigenvalue weighted by Crippen LogP contribution is 2.29. The van der Waals surface area contributed by atoms with Crippen LogP contribution in [0.5, 0.6) is 0 Å². The van der Waals surface area contributed by atoms with E-state index < -0.39 is 0 Å². The summed E-state index contributed by atoms with van der Waals surface area (Å²) in [5.74, 6) is 0.292. The number of carbonyl (C=O) groups excluding carboxylic acids is 1. The maximum absolute atomic E-state index is 12.2. The summed E-state index contributed by atoms with van der Waals surface area (Å²) in [5.41, 5.74) is 0.888. The van der Waals surface area contributed by atoms with Gasteiger partial charge in [-0.1, -0.05) is 43.1 Å². The lowest BCUT2D eigenvalue weighted by molar-refractivity contribution is -0.125. The first-order chi connectivity index (χ1) is 9.90. The summed E-state index contributed by atoms with van der Waals surface area (Å²) in [5, 5.41) is 7.45. The molecule has 0 aliphatic carbocycles. The molecule has 1 amide bonds. The Hall–Kier alpha value is -0.770. The third kappa shape index (κ3) is 4.35. The molecule has 0 aromatic heterocycles. The molecular formula is C16H22Cl2N2O. The Labute approximate surface area is 136 Å². The Morgan fingerprint density at radius 1 is 1.29 bits per heavy atom. The van der Waals surface area contributed by atoms with Gasteiger partial charge in [-0.2, -0.15) is 0 Å². The van der Waals surface area contributed by atoms with Crippen molar-refractivity contribution in [1.29, 1.82) is 0 Å². The smallest absolute Gasteiger partial charge is 0.223 e. The van der Waals surface area contributed by atoms with Crippen molar-refractivity contribution >= 4 is 29.1 Å². The largest absolute Gasteiger partial charge is 0.355 e. The minimum absolute atomic E-state index is 0.135.